The first-order valence-electron chi connectivity index (χ1n) is 7.36. The molecule has 2 aromatic rings. The fourth-order valence-electron chi connectivity index (χ4n) is 2.74. The van der Waals surface area contributed by atoms with Gasteiger partial charge in [-0.15, -0.1) is 0 Å². The Morgan fingerprint density at radius 3 is 2.64 bits per heavy atom. The Morgan fingerprint density at radius 1 is 1.23 bits per heavy atom. The number of nitrogens with zero attached hydrogens (tertiary/aromatic N) is 1. The summed E-state index contributed by atoms with van der Waals surface area (Å²) in [6.45, 7) is 0. The molecule has 1 aromatic heterocycles. The van der Waals surface area contributed by atoms with E-state index in [0.29, 0.717) is 10.7 Å². The van der Waals surface area contributed by atoms with Gasteiger partial charge < -0.3 is 9.84 Å². The third kappa shape index (κ3) is 3.01. The maximum Gasteiger partial charge on any atom is 0.135 e. The molecule has 1 heterocycles. The predicted octanol–water partition coefficient (Wildman–Crippen LogP) is 4.55. The van der Waals surface area contributed by atoms with Crippen molar-refractivity contribution in [2.75, 3.05) is 7.11 Å². The van der Waals surface area contributed by atoms with E-state index in [9.17, 15) is 5.11 Å². The average Bonchev–Trinajstić information content (AvgIpc) is 3.09. The maximum absolute atomic E-state index is 10.5. The summed E-state index contributed by atoms with van der Waals surface area (Å²) >= 11 is 6.19. The van der Waals surface area contributed by atoms with E-state index in [1.165, 1.54) is 0 Å². The molecule has 0 bridgehead atoms. The third-order valence-corrected chi connectivity index (χ3v) is 4.33. The van der Waals surface area contributed by atoms with Crippen LogP contribution < -0.4 is 4.74 Å². The van der Waals surface area contributed by atoms with Gasteiger partial charge >= 0.3 is 0 Å². The molecule has 0 fully saturated rings. The number of pyridine rings is 1. The number of aliphatic hydroxyl groups is 1. The van der Waals surface area contributed by atoms with Gasteiger partial charge in [-0.3, -0.25) is 0 Å². The minimum Gasteiger partial charge on any atom is -0.497 e. The number of allylic oxidation sites excluding steroid dienone is 1. The lowest BCUT2D eigenvalue weighted by Crippen LogP contribution is -2.02. The van der Waals surface area contributed by atoms with Gasteiger partial charge in [0.1, 0.15) is 17.0 Å². The maximum atomic E-state index is 10.5. The van der Waals surface area contributed by atoms with E-state index < -0.39 is 6.10 Å². The Hall–Kier alpha value is -1.84. The number of methoxy groups -OCH3 is 1. The second kappa shape index (κ2) is 6.51. The van der Waals surface area contributed by atoms with Crippen molar-refractivity contribution < 1.29 is 9.84 Å². The van der Waals surface area contributed by atoms with Crippen molar-refractivity contribution in [1.82, 2.24) is 4.98 Å². The van der Waals surface area contributed by atoms with Crippen molar-refractivity contribution in [3.8, 4) is 16.9 Å². The highest BCUT2D eigenvalue weighted by atomic mass is 35.5. The zero-order valence-corrected chi connectivity index (χ0v) is 13.2. The van der Waals surface area contributed by atoms with Gasteiger partial charge in [0.05, 0.1) is 7.11 Å². The first-order chi connectivity index (χ1) is 10.7. The van der Waals surface area contributed by atoms with Crippen molar-refractivity contribution in [3.05, 3.63) is 58.9 Å². The molecule has 3 nitrogen and oxygen atoms in total. The lowest BCUT2D eigenvalue weighted by molar-refractivity contribution is 0.212. The van der Waals surface area contributed by atoms with E-state index in [1.807, 2.05) is 30.3 Å². The molecule has 0 amide bonds. The van der Waals surface area contributed by atoms with Crippen LogP contribution in [-0.4, -0.2) is 17.2 Å². The van der Waals surface area contributed by atoms with Crippen LogP contribution in [0.25, 0.3) is 11.1 Å². The molecule has 0 radical (unpaired) electrons. The highest BCUT2D eigenvalue weighted by molar-refractivity contribution is 6.30. The molecule has 3 rings (SSSR count). The van der Waals surface area contributed by atoms with Gasteiger partial charge in [0.15, 0.2) is 0 Å². The lowest BCUT2D eigenvalue weighted by atomic mass is 9.99. The van der Waals surface area contributed by atoms with Gasteiger partial charge in [-0.1, -0.05) is 29.8 Å². The molecule has 1 N–H and O–H groups in total. The van der Waals surface area contributed by atoms with E-state index >= 15 is 0 Å². The molecule has 114 valence electrons. The molecule has 0 aliphatic heterocycles. The van der Waals surface area contributed by atoms with Crippen LogP contribution in [0.1, 0.15) is 30.9 Å². The molecule has 22 heavy (non-hydrogen) atoms. The van der Waals surface area contributed by atoms with Gasteiger partial charge in [0.25, 0.3) is 0 Å². The van der Waals surface area contributed by atoms with Gasteiger partial charge in [-0.05, 0) is 48.6 Å². The van der Waals surface area contributed by atoms with E-state index in [4.69, 9.17) is 16.3 Å². The smallest absolute Gasteiger partial charge is 0.135 e. The van der Waals surface area contributed by atoms with E-state index in [-0.39, 0.29) is 0 Å². The van der Waals surface area contributed by atoms with Gasteiger partial charge in [-0.2, -0.15) is 0 Å². The number of hydrogen-bond donors (Lipinski definition) is 1. The largest absolute Gasteiger partial charge is 0.497 e. The highest BCUT2D eigenvalue weighted by Crippen LogP contribution is 2.35. The summed E-state index contributed by atoms with van der Waals surface area (Å²) in [5, 5.41) is 10.9. The van der Waals surface area contributed by atoms with Gasteiger partial charge in [0.2, 0.25) is 0 Å². The summed E-state index contributed by atoms with van der Waals surface area (Å²) in [5.74, 6) is 0.807. The SMILES string of the molecule is COc1ccc(-c2cnc(Cl)c(C(O)C3=CCCC3)c2)cc1. The Bertz CT molecular complexity index is 695. The zero-order chi connectivity index (χ0) is 15.5. The number of ether oxygens (including phenoxy) is 1. The van der Waals surface area contributed by atoms with Crippen LogP contribution in [0.3, 0.4) is 0 Å². The zero-order valence-electron chi connectivity index (χ0n) is 12.4. The molecule has 0 saturated heterocycles. The number of halogens is 1. The third-order valence-electron chi connectivity index (χ3n) is 4.01. The standard InChI is InChI=1S/C18H18ClNO2/c1-22-15-8-6-12(7-9-15)14-10-16(18(19)20-11-14)17(21)13-4-2-3-5-13/h4,6-11,17,21H,2-3,5H2,1H3. The molecule has 1 unspecified atom stereocenters. The molecular weight excluding hydrogens is 298 g/mol. The van der Waals surface area contributed by atoms with Crippen LogP contribution in [0.15, 0.2) is 48.2 Å². The summed E-state index contributed by atoms with van der Waals surface area (Å²) in [7, 11) is 1.64. The van der Waals surface area contributed by atoms with Crippen molar-refractivity contribution in [2.24, 2.45) is 0 Å². The first-order valence-corrected chi connectivity index (χ1v) is 7.73. The Kier molecular flexibility index (Phi) is 4.46. The van der Waals surface area contributed by atoms with Crippen LogP contribution in [-0.2, 0) is 0 Å². The second-order valence-corrected chi connectivity index (χ2v) is 5.76. The fraction of sp³-hybridized carbons (Fsp3) is 0.278. The lowest BCUT2D eigenvalue weighted by Gasteiger charge is -2.15. The number of hydrogen-bond acceptors (Lipinski definition) is 3. The molecule has 1 aromatic carbocycles. The van der Waals surface area contributed by atoms with Crippen LogP contribution in [0.5, 0.6) is 5.75 Å². The van der Waals surface area contributed by atoms with E-state index in [0.717, 1.165) is 41.7 Å². The highest BCUT2D eigenvalue weighted by Gasteiger charge is 2.20. The first kappa shape index (κ1) is 15.1. The second-order valence-electron chi connectivity index (χ2n) is 5.41. The molecular formula is C18H18ClNO2. The summed E-state index contributed by atoms with van der Waals surface area (Å²) in [6.07, 6.45) is 6.20. The van der Waals surface area contributed by atoms with Crippen molar-refractivity contribution in [2.45, 2.75) is 25.4 Å². The number of aliphatic hydroxyl groups excluding tert-OH is 1. The quantitative estimate of drug-likeness (QED) is 0.664. The molecule has 0 saturated carbocycles. The minimum atomic E-state index is -0.666. The Labute approximate surface area is 135 Å². The summed E-state index contributed by atoms with van der Waals surface area (Å²) in [5.41, 5.74) is 3.65. The van der Waals surface area contributed by atoms with Crippen LogP contribution in [0.4, 0.5) is 0 Å². The van der Waals surface area contributed by atoms with E-state index in [2.05, 4.69) is 11.1 Å². The monoisotopic (exact) mass is 315 g/mol. The summed E-state index contributed by atoms with van der Waals surface area (Å²) in [4.78, 5) is 4.24. The predicted molar refractivity (Wildman–Crippen MR) is 88.1 cm³/mol. The van der Waals surface area contributed by atoms with Crippen molar-refractivity contribution in [1.29, 1.82) is 0 Å². The molecule has 1 atom stereocenters. The molecule has 0 spiro atoms. The summed E-state index contributed by atoms with van der Waals surface area (Å²) in [6, 6.07) is 9.66. The Balaban J connectivity index is 1.94. The summed E-state index contributed by atoms with van der Waals surface area (Å²) < 4.78 is 5.17. The number of rotatable bonds is 4. The average molecular weight is 316 g/mol. The van der Waals surface area contributed by atoms with Gasteiger partial charge in [0, 0.05) is 17.3 Å². The van der Waals surface area contributed by atoms with E-state index in [1.54, 1.807) is 13.3 Å². The number of benzene rings is 1. The topological polar surface area (TPSA) is 42.4 Å². The molecule has 1 aliphatic rings. The van der Waals surface area contributed by atoms with Crippen LogP contribution in [0.2, 0.25) is 5.15 Å². The molecule has 1 aliphatic carbocycles. The van der Waals surface area contributed by atoms with Crippen LogP contribution in [0, 0.1) is 0 Å². The molecule has 4 heteroatoms. The van der Waals surface area contributed by atoms with Crippen LogP contribution >= 0.6 is 11.6 Å². The minimum absolute atomic E-state index is 0.359. The van der Waals surface area contributed by atoms with Crippen molar-refractivity contribution >= 4 is 11.6 Å². The fourth-order valence-corrected chi connectivity index (χ4v) is 2.95. The Morgan fingerprint density at radius 2 is 2.00 bits per heavy atom. The normalized spacial score (nSPS) is 15.5. The number of aromatic nitrogens is 1. The van der Waals surface area contributed by atoms with Gasteiger partial charge in [-0.25, -0.2) is 4.98 Å². The van der Waals surface area contributed by atoms with Crippen molar-refractivity contribution in [3.63, 3.8) is 0 Å².